The summed E-state index contributed by atoms with van der Waals surface area (Å²) in [6, 6.07) is 4.20. The summed E-state index contributed by atoms with van der Waals surface area (Å²) in [7, 11) is 1.79. The second-order valence-corrected chi connectivity index (χ2v) is 7.35. The van der Waals surface area contributed by atoms with Crippen molar-refractivity contribution in [1.29, 1.82) is 0 Å². The Kier molecular flexibility index (Phi) is 3.66. The van der Waals surface area contributed by atoms with Crippen LogP contribution in [0.2, 0.25) is 0 Å². The van der Waals surface area contributed by atoms with E-state index < -0.39 is 0 Å². The topological polar surface area (TPSA) is 79.7 Å². The van der Waals surface area contributed by atoms with Crippen LogP contribution in [0.4, 0.5) is 5.82 Å². The number of H-pyrrole nitrogens is 1. The van der Waals surface area contributed by atoms with Gasteiger partial charge in [-0.1, -0.05) is 13.8 Å². The number of hydrogen-bond acceptors (Lipinski definition) is 5. The van der Waals surface area contributed by atoms with E-state index in [0.717, 1.165) is 36.2 Å². The van der Waals surface area contributed by atoms with Gasteiger partial charge in [-0.15, -0.1) is 5.10 Å². The first kappa shape index (κ1) is 15.4. The van der Waals surface area contributed by atoms with Gasteiger partial charge in [0.2, 0.25) is 0 Å². The van der Waals surface area contributed by atoms with Crippen LogP contribution >= 0.6 is 0 Å². The molecule has 0 bridgehead atoms. The molecule has 2 aliphatic rings. The van der Waals surface area contributed by atoms with Gasteiger partial charge in [-0.2, -0.15) is 10.2 Å². The van der Waals surface area contributed by atoms with Crippen LogP contribution in [0.3, 0.4) is 0 Å². The Balaban J connectivity index is 1.70. The largest absolute Gasteiger partial charge is 0.345 e. The predicted molar refractivity (Wildman–Crippen MR) is 90.9 cm³/mol. The molecule has 2 fully saturated rings. The highest BCUT2D eigenvalue weighted by molar-refractivity contribution is 5.42. The van der Waals surface area contributed by atoms with Crippen molar-refractivity contribution in [2.24, 2.45) is 18.9 Å². The van der Waals surface area contributed by atoms with Gasteiger partial charge < -0.3 is 4.90 Å². The number of nitrogens with zero attached hydrogens (tertiary/aromatic N) is 5. The SMILES string of the molecule is CC(C)c1ccc(N2CCC(C3CC3)C2c2n[nH]c(=O)n2C)nn1. The standard InChI is InChI=1S/C17H24N6O/c1-10(2)13-6-7-14(19-18-13)23-9-8-12(11-4-5-11)15(23)16-20-21-17(24)22(16)3/h6-7,10-12,15H,4-5,8-9H2,1-3H3,(H,21,24). The Morgan fingerprint density at radius 2 is 2.00 bits per heavy atom. The molecule has 1 aliphatic heterocycles. The van der Waals surface area contributed by atoms with Crippen LogP contribution < -0.4 is 10.6 Å². The van der Waals surface area contributed by atoms with E-state index in [4.69, 9.17) is 0 Å². The number of anilines is 1. The minimum absolute atomic E-state index is 0.0978. The van der Waals surface area contributed by atoms with Crippen LogP contribution in [0.5, 0.6) is 0 Å². The van der Waals surface area contributed by atoms with Crippen LogP contribution in [-0.2, 0) is 7.05 Å². The molecule has 0 spiro atoms. The molecular formula is C17H24N6O. The van der Waals surface area contributed by atoms with Gasteiger partial charge in [-0.25, -0.2) is 9.89 Å². The molecule has 2 aromatic heterocycles. The number of nitrogens with one attached hydrogen (secondary N) is 1. The average Bonchev–Trinajstić information content (AvgIpc) is 3.26. The molecule has 24 heavy (non-hydrogen) atoms. The van der Waals surface area contributed by atoms with Gasteiger partial charge in [-0.3, -0.25) is 4.57 Å². The van der Waals surface area contributed by atoms with Gasteiger partial charge in [0.15, 0.2) is 11.6 Å². The van der Waals surface area contributed by atoms with Crippen molar-refractivity contribution in [2.75, 3.05) is 11.4 Å². The minimum Gasteiger partial charge on any atom is -0.345 e. The van der Waals surface area contributed by atoms with Gasteiger partial charge in [0, 0.05) is 13.6 Å². The molecular weight excluding hydrogens is 304 g/mol. The van der Waals surface area contributed by atoms with Crippen molar-refractivity contribution >= 4 is 5.82 Å². The monoisotopic (exact) mass is 328 g/mol. The number of rotatable bonds is 4. The quantitative estimate of drug-likeness (QED) is 0.928. The van der Waals surface area contributed by atoms with Crippen LogP contribution in [0.15, 0.2) is 16.9 Å². The first-order chi connectivity index (χ1) is 11.6. The molecule has 128 valence electrons. The number of aromatic amines is 1. The summed E-state index contributed by atoms with van der Waals surface area (Å²) in [6.07, 6.45) is 3.68. The molecule has 2 atom stereocenters. The van der Waals surface area contributed by atoms with Gasteiger partial charge in [0.25, 0.3) is 0 Å². The highest BCUT2D eigenvalue weighted by Crippen LogP contribution is 2.50. The van der Waals surface area contributed by atoms with Gasteiger partial charge in [-0.05, 0) is 49.1 Å². The molecule has 7 heteroatoms. The van der Waals surface area contributed by atoms with Crippen LogP contribution in [0.25, 0.3) is 0 Å². The lowest BCUT2D eigenvalue weighted by Gasteiger charge is -2.28. The Morgan fingerprint density at radius 1 is 1.21 bits per heavy atom. The fraction of sp³-hybridized carbons (Fsp3) is 0.647. The summed E-state index contributed by atoms with van der Waals surface area (Å²) in [5, 5.41) is 15.7. The number of aromatic nitrogens is 5. The minimum atomic E-state index is -0.160. The molecule has 2 unspecified atom stereocenters. The molecule has 0 amide bonds. The third-order valence-electron chi connectivity index (χ3n) is 5.41. The fourth-order valence-corrected chi connectivity index (χ4v) is 3.84. The second-order valence-electron chi connectivity index (χ2n) is 7.35. The Bertz CT molecular complexity index is 773. The average molecular weight is 328 g/mol. The lowest BCUT2D eigenvalue weighted by molar-refractivity contribution is 0.405. The van der Waals surface area contributed by atoms with Crippen molar-refractivity contribution in [3.05, 3.63) is 34.1 Å². The van der Waals surface area contributed by atoms with E-state index in [2.05, 4.69) is 51.3 Å². The molecule has 3 heterocycles. The van der Waals surface area contributed by atoms with E-state index in [0.29, 0.717) is 11.8 Å². The summed E-state index contributed by atoms with van der Waals surface area (Å²) in [5.41, 5.74) is 0.841. The Labute approximate surface area is 141 Å². The lowest BCUT2D eigenvalue weighted by Crippen LogP contribution is -2.30. The van der Waals surface area contributed by atoms with Crippen LogP contribution in [-0.4, -0.2) is 31.5 Å². The summed E-state index contributed by atoms with van der Waals surface area (Å²) >= 11 is 0. The maximum atomic E-state index is 11.8. The van der Waals surface area contributed by atoms with E-state index in [1.807, 2.05) is 0 Å². The maximum Gasteiger partial charge on any atom is 0.343 e. The summed E-state index contributed by atoms with van der Waals surface area (Å²) in [5.74, 6) is 3.33. The molecule has 2 aromatic rings. The highest BCUT2D eigenvalue weighted by Gasteiger charge is 2.46. The van der Waals surface area contributed by atoms with Crippen molar-refractivity contribution in [1.82, 2.24) is 25.0 Å². The first-order valence-electron chi connectivity index (χ1n) is 8.78. The molecule has 1 aliphatic carbocycles. The van der Waals surface area contributed by atoms with Gasteiger partial charge >= 0.3 is 5.69 Å². The normalized spacial score (nSPS) is 24.1. The third-order valence-corrected chi connectivity index (χ3v) is 5.41. The lowest BCUT2D eigenvalue weighted by atomic mass is 9.94. The second kappa shape index (κ2) is 5.72. The van der Waals surface area contributed by atoms with E-state index in [9.17, 15) is 4.79 Å². The maximum absolute atomic E-state index is 11.8. The molecule has 7 nitrogen and oxygen atoms in total. The van der Waals surface area contributed by atoms with E-state index in [1.165, 1.54) is 12.8 Å². The number of hydrogen-bond donors (Lipinski definition) is 1. The van der Waals surface area contributed by atoms with Crippen molar-refractivity contribution in [2.45, 2.75) is 45.1 Å². The zero-order chi connectivity index (χ0) is 16.8. The van der Waals surface area contributed by atoms with Crippen molar-refractivity contribution < 1.29 is 0 Å². The van der Waals surface area contributed by atoms with Crippen molar-refractivity contribution in [3.63, 3.8) is 0 Å². The fourth-order valence-electron chi connectivity index (χ4n) is 3.84. The van der Waals surface area contributed by atoms with Gasteiger partial charge in [0.1, 0.15) is 0 Å². The summed E-state index contributed by atoms with van der Waals surface area (Å²) < 4.78 is 1.63. The zero-order valence-electron chi connectivity index (χ0n) is 14.4. The van der Waals surface area contributed by atoms with Crippen LogP contribution in [0.1, 0.15) is 56.6 Å². The molecule has 1 saturated heterocycles. The molecule has 0 radical (unpaired) electrons. The molecule has 4 rings (SSSR count). The van der Waals surface area contributed by atoms with E-state index >= 15 is 0 Å². The van der Waals surface area contributed by atoms with Crippen LogP contribution in [0, 0.1) is 11.8 Å². The van der Waals surface area contributed by atoms with Crippen molar-refractivity contribution in [3.8, 4) is 0 Å². The predicted octanol–water partition coefficient (Wildman–Crippen LogP) is 2.00. The molecule has 1 N–H and O–H groups in total. The van der Waals surface area contributed by atoms with E-state index in [1.54, 1.807) is 11.6 Å². The Hall–Kier alpha value is -2.18. The third kappa shape index (κ3) is 2.52. The molecule has 1 saturated carbocycles. The van der Waals surface area contributed by atoms with Gasteiger partial charge in [0.05, 0.1) is 11.7 Å². The summed E-state index contributed by atoms with van der Waals surface area (Å²) in [4.78, 5) is 14.1. The molecule has 0 aromatic carbocycles. The smallest absolute Gasteiger partial charge is 0.343 e. The first-order valence-corrected chi connectivity index (χ1v) is 8.78. The highest BCUT2D eigenvalue weighted by atomic mass is 16.1. The van der Waals surface area contributed by atoms with E-state index in [-0.39, 0.29) is 11.7 Å². The zero-order valence-corrected chi connectivity index (χ0v) is 14.4. The summed E-state index contributed by atoms with van der Waals surface area (Å²) in [6.45, 7) is 5.17. The Morgan fingerprint density at radius 3 is 2.54 bits per heavy atom.